The number of alkyl carbamates (subject to hydrolysis) is 1. The van der Waals surface area contributed by atoms with E-state index >= 15 is 0 Å². The summed E-state index contributed by atoms with van der Waals surface area (Å²) in [5.74, 6) is -0.108. The number of hydrogen-bond donors (Lipinski definition) is 4. The quantitative estimate of drug-likeness (QED) is 0.314. The van der Waals surface area contributed by atoms with Gasteiger partial charge in [0, 0.05) is 12.2 Å². The fourth-order valence-corrected chi connectivity index (χ4v) is 4.24. The third-order valence-electron chi connectivity index (χ3n) is 5.16. The van der Waals surface area contributed by atoms with E-state index in [1.807, 2.05) is 44.2 Å². The number of ether oxygens (including phenoxy) is 1. The van der Waals surface area contributed by atoms with Gasteiger partial charge in [-0.1, -0.05) is 58.0 Å². The van der Waals surface area contributed by atoms with Gasteiger partial charge in [-0.3, -0.25) is 9.59 Å². The summed E-state index contributed by atoms with van der Waals surface area (Å²) in [6.45, 7) is 15.0. The smallest absolute Gasteiger partial charge is 0.408 e. The number of carbonyl (C=O) groups excluding carboxylic acids is 3. The van der Waals surface area contributed by atoms with Gasteiger partial charge in [0.1, 0.15) is 17.7 Å². The lowest BCUT2D eigenvalue weighted by Crippen LogP contribution is -2.56. The number of benzene rings is 1. The Labute approximate surface area is 220 Å². The highest BCUT2D eigenvalue weighted by Crippen LogP contribution is 2.16. The standard InChI is InChI=1S/C27H45N3O5S/c1-17(2)14-21(23(31)16-36-18(3)4)29-24(32)19(5)28-25(33)22(15-20-12-10-9-11-13-20)30-26(34)35-27(6,7)8/h9-13,17-19,21-23,31H,14-16H2,1-8H3,(H,28,33)(H,29,32)(H,30,34)/t19-,21+,22-,23+/m1/s1. The number of amides is 3. The van der Waals surface area contributed by atoms with Crippen molar-refractivity contribution in [3.8, 4) is 0 Å². The predicted molar refractivity (Wildman–Crippen MR) is 146 cm³/mol. The highest BCUT2D eigenvalue weighted by atomic mass is 32.2. The van der Waals surface area contributed by atoms with E-state index < -0.39 is 47.7 Å². The number of aliphatic hydroxyl groups is 1. The molecule has 0 aliphatic carbocycles. The first kappa shape index (κ1) is 31.8. The van der Waals surface area contributed by atoms with Gasteiger partial charge < -0.3 is 25.8 Å². The van der Waals surface area contributed by atoms with Crippen LogP contribution in [0.2, 0.25) is 0 Å². The average molecular weight is 524 g/mol. The van der Waals surface area contributed by atoms with Crippen LogP contribution in [0.5, 0.6) is 0 Å². The summed E-state index contributed by atoms with van der Waals surface area (Å²) in [6, 6.07) is 7.07. The molecule has 0 fully saturated rings. The second kappa shape index (κ2) is 15.1. The van der Waals surface area contributed by atoms with Crippen molar-refractivity contribution in [1.82, 2.24) is 16.0 Å². The molecule has 0 heterocycles. The Balaban J connectivity index is 2.89. The lowest BCUT2D eigenvalue weighted by Gasteiger charge is -2.28. The Bertz CT molecular complexity index is 826. The SMILES string of the molecule is CC(C)C[C@H](NC(=O)[C@@H](C)NC(=O)[C@@H](Cc1ccccc1)NC(=O)OC(C)(C)C)[C@@H](O)CSC(C)C. The van der Waals surface area contributed by atoms with Gasteiger partial charge in [0.15, 0.2) is 0 Å². The summed E-state index contributed by atoms with van der Waals surface area (Å²) < 4.78 is 5.33. The number of hydrogen-bond acceptors (Lipinski definition) is 6. The highest BCUT2D eigenvalue weighted by Gasteiger charge is 2.29. The second-order valence-corrected chi connectivity index (χ2v) is 12.4. The number of nitrogens with one attached hydrogen (secondary N) is 3. The Morgan fingerprint density at radius 1 is 0.944 bits per heavy atom. The van der Waals surface area contributed by atoms with E-state index in [1.54, 1.807) is 39.5 Å². The minimum Gasteiger partial charge on any atom is -0.444 e. The van der Waals surface area contributed by atoms with Crippen LogP contribution >= 0.6 is 11.8 Å². The van der Waals surface area contributed by atoms with Crippen LogP contribution in [0, 0.1) is 5.92 Å². The van der Waals surface area contributed by atoms with Gasteiger partial charge in [-0.05, 0) is 50.8 Å². The number of rotatable bonds is 13. The molecule has 1 aromatic rings. The van der Waals surface area contributed by atoms with Crippen LogP contribution in [0.4, 0.5) is 4.79 Å². The van der Waals surface area contributed by atoms with Crippen molar-refractivity contribution in [1.29, 1.82) is 0 Å². The number of carbonyl (C=O) groups is 3. The molecule has 0 radical (unpaired) electrons. The molecule has 0 saturated heterocycles. The van der Waals surface area contributed by atoms with Crippen LogP contribution in [-0.4, -0.2) is 63.8 Å². The van der Waals surface area contributed by atoms with Crippen LogP contribution in [0.1, 0.15) is 67.4 Å². The zero-order valence-corrected chi connectivity index (χ0v) is 23.8. The lowest BCUT2D eigenvalue weighted by molar-refractivity contribution is -0.130. The number of aliphatic hydroxyl groups excluding tert-OH is 1. The van der Waals surface area contributed by atoms with Gasteiger partial charge >= 0.3 is 6.09 Å². The van der Waals surface area contributed by atoms with Crippen LogP contribution in [0.3, 0.4) is 0 Å². The van der Waals surface area contributed by atoms with Crippen molar-refractivity contribution in [2.45, 2.75) is 103 Å². The Morgan fingerprint density at radius 3 is 2.08 bits per heavy atom. The maximum Gasteiger partial charge on any atom is 0.408 e. The molecule has 0 aliphatic rings. The molecule has 0 aliphatic heterocycles. The molecule has 0 saturated carbocycles. The third kappa shape index (κ3) is 13.2. The summed E-state index contributed by atoms with van der Waals surface area (Å²) in [7, 11) is 0. The molecule has 0 unspecified atom stereocenters. The Kier molecular flexibility index (Phi) is 13.3. The van der Waals surface area contributed by atoms with Crippen molar-refractivity contribution >= 4 is 29.7 Å². The van der Waals surface area contributed by atoms with Crippen LogP contribution in [0.25, 0.3) is 0 Å². The van der Waals surface area contributed by atoms with E-state index in [9.17, 15) is 19.5 Å². The van der Waals surface area contributed by atoms with Crippen LogP contribution < -0.4 is 16.0 Å². The van der Waals surface area contributed by atoms with E-state index in [0.717, 1.165) is 5.56 Å². The molecule has 4 atom stereocenters. The molecule has 4 N–H and O–H groups in total. The predicted octanol–water partition coefficient (Wildman–Crippen LogP) is 3.66. The second-order valence-electron chi connectivity index (χ2n) is 10.8. The summed E-state index contributed by atoms with van der Waals surface area (Å²) in [4.78, 5) is 38.5. The first-order valence-electron chi connectivity index (χ1n) is 12.6. The highest BCUT2D eigenvalue weighted by molar-refractivity contribution is 7.99. The van der Waals surface area contributed by atoms with E-state index in [1.165, 1.54) is 0 Å². The number of thioether (sulfide) groups is 1. The van der Waals surface area contributed by atoms with Crippen molar-refractivity contribution in [3.05, 3.63) is 35.9 Å². The molecule has 0 bridgehead atoms. The first-order valence-corrected chi connectivity index (χ1v) is 13.7. The largest absolute Gasteiger partial charge is 0.444 e. The summed E-state index contributed by atoms with van der Waals surface area (Å²) in [5, 5.41) is 19.3. The molecule has 204 valence electrons. The Hall–Kier alpha value is -2.26. The van der Waals surface area contributed by atoms with E-state index in [2.05, 4.69) is 29.8 Å². The van der Waals surface area contributed by atoms with Gasteiger partial charge in [0.25, 0.3) is 0 Å². The van der Waals surface area contributed by atoms with E-state index in [4.69, 9.17) is 4.74 Å². The average Bonchev–Trinajstić information content (AvgIpc) is 2.75. The summed E-state index contributed by atoms with van der Waals surface area (Å²) in [5.41, 5.74) is 0.138. The Morgan fingerprint density at radius 2 is 1.56 bits per heavy atom. The van der Waals surface area contributed by atoms with Crippen molar-refractivity contribution < 1.29 is 24.2 Å². The maximum atomic E-state index is 13.1. The van der Waals surface area contributed by atoms with Gasteiger partial charge in [-0.2, -0.15) is 11.8 Å². The lowest BCUT2D eigenvalue weighted by atomic mass is 9.99. The fourth-order valence-electron chi connectivity index (χ4n) is 3.42. The van der Waals surface area contributed by atoms with E-state index in [0.29, 0.717) is 17.4 Å². The first-order chi connectivity index (χ1) is 16.7. The van der Waals surface area contributed by atoms with E-state index in [-0.39, 0.29) is 12.3 Å². The zero-order chi connectivity index (χ0) is 27.5. The molecule has 36 heavy (non-hydrogen) atoms. The molecule has 1 rings (SSSR count). The molecule has 9 heteroatoms. The van der Waals surface area contributed by atoms with Crippen LogP contribution in [-0.2, 0) is 20.7 Å². The molecule has 0 aromatic heterocycles. The summed E-state index contributed by atoms with van der Waals surface area (Å²) in [6.07, 6.45) is -0.561. The summed E-state index contributed by atoms with van der Waals surface area (Å²) >= 11 is 1.63. The van der Waals surface area contributed by atoms with Gasteiger partial charge in [-0.15, -0.1) is 0 Å². The topological polar surface area (TPSA) is 117 Å². The fraction of sp³-hybridized carbons (Fsp3) is 0.667. The monoisotopic (exact) mass is 523 g/mol. The third-order valence-corrected chi connectivity index (χ3v) is 6.36. The van der Waals surface area contributed by atoms with Crippen molar-refractivity contribution in [2.24, 2.45) is 5.92 Å². The minimum atomic E-state index is -0.933. The van der Waals surface area contributed by atoms with Crippen molar-refractivity contribution in [3.63, 3.8) is 0 Å². The molecule has 3 amide bonds. The normalized spacial score (nSPS) is 15.1. The van der Waals surface area contributed by atoms with Crippen LogP contribution in [0.15, 0.2) is 30.3 Å². The van der Waals surface area contributed by atoms with Gasteiger partial charge in [0.05, 0.1) is 12.1 Å². The van der Waals surface area contributed by atoms with Gasteiger partial charge in [0.2, 0.25) is 11.8 Å². The van der Waals surface area contributed by atoms with Gasteiger partial charge in [-0.25, -0.2) is 4.79 Å². The molecule has 0 spiro atoms. The molecular weight excluding hydrogens is 478 g/mol. The molecule has 8 nitrogen and oxygen atoms in total. The minimum absolute atomic E-state index is 0.237. The maximum absolute atomic E-state index is 13.1. The molecule has 1 aromatic carbocycles. The van der Waals surface area contributed by atoms with Crippen molar-refractivity contribution in [2.75, 3.05) is 5.75 Å². The zero-order valence-electron chi connectivity index (χ0n) is 23.0. The molecular formula is C27H45N3O5S.